The second kappa shape index (κ2) is 9.41. The van der Waals surface area contributed by atoms with Crippen LogP contribution >= 0.6 is 11.3 Å². The number of rotatable bonds is 6. The number of carbonyl (C=O) groups excluding carboxylic acids is 1. The molecule has 2 fully saturated rings. The van der Waals surface area contributed by atoms with Crippen LogP contribution < -0.4 is 10.2 Å². The van der Waals surface area contributed by atoms with Crippen LogP contribution in [0.5, 0.6) is 0 Å². The Morgan fingerprint density at radius 3 is 2.93 bits per heavy atom. The summed E-state index contributed by atoms with van der Waals surface area (Å²) < 4.78 is 1.28. The number of likely N-dealkylation sites (N-methyl/N-ethyl adjacent to an activating group) is 1. The zero-order valence-electron chi connectivity index (χ0n) is 17.7. The molecule has 4 heterocycles. The standard InChI is InChI=1S/C22H33N5OS/c1-17-15-19-20(29-17)6-8-23-21(19)27-10-3-5-18(16-27)22(28)24-7-4-9-26-13-11-25(2)12-14-26/h6,8,15,18H,3-5,7,9-14,16H2,1-2H3,(H,24,28). The summed E-state index contributed by atoms with van der Waals surface area (Å²) in [5, 5.41) is 4.42. The second-order valence-corrected chi connectivity index (χ2v) is 9.77. The fraction of sp³-hybridized carbons (Fsp3) is 0.636. The Kier molecular flexibility index (Phi) is 6.67. The Labute approximate surface area is 177 Å². The predicted molar refractivity (Wildman–Crippen MR) is 121 cm³/mol. The number of nitrogens with zero attached hydrogens (tertiary/aromatic N) is 4. The summed E-state index contributed by atoms with van der Waals surface area (Å²) in [6, 6.07) is 4.31. The molecule has 0 spiro atoms. The Morgan fingerprint density at radius 2 is 2.10 bits per heavy atom. The van der Waals surface area contributed by atoms with Gasteiger partial charge in [-0.05, 0) is 51.9 Å². The zero-order chi connectivity index (χ0) is 20.2. The van der Waals surface area contributed by atoms with Crippen LogP contribution in [0.4, 0.5) is 5.82 Å². The summed E-state index contributed by atoms with van der Waals surface area (Å²) in [4.78, 5) is 25.9. The molecular weight excluding hydrogens is 382 g/mol. The van der Waals surface area contributed by atoms with Crippen molar-refractivity contribution in [3.63, 3.8) is 0 Å². The molecule has 7 heteroatoms. The maximum atomic E-state index is 12.8. The second-order valence-electron chi connectivity index (χ2n) is 8.48. The first-order chi connectivity index (χ1) is 14.1. The van der Waals surface area contributed by atoms with E-state index in [0.717, 1.165) is 77.4 Å². The summed E-state index contributed by atoms with van der Waals surface area (Å²) in [5.74, 6) is 1.31. The van der Waals surface area contributed by atoms with E-state index < -0.39 is 0 Å². The lowest BCUT2D eigenvalue weighted by Crippen LogP contribution is -2.46. The highest BCUT2D eigenvalue weighted by Gasteiger charge is 2.27. The zero-order valence-corrected chi connectivity index (χ0v) is 18.5. The number of piperazine rings is 1. The third-order valence-corrected chi connectivity index (χ3v) is 7.20. The van der Waals surface area contributed by atoms with Gasteiger partial charge in [0.25, 0.3) is 0 Å². The van der Waals surface area contributed by atoms with Crippen LogP contribution in [0.2, 0.25) is 0 Å². The third-order valence-electron chi connectivity index (χ3n) is 6.19. The average molecular weight is 416 g/mol. The average Bonchev–Trinajstić information content (AvgIpc) is 3.12. The lowest BCUT2D eigenvalue weighted by Gasteiger charge is -2.33. The number of aromatic nitrogens is 1. The number of hydrogen-bond acceptors (Lipinski definition) is 6. The number of nitrogens with one attached hydrogen (secondary N) is 1. The minimum Gasteiger partial charge on any atom is -0.356 e. The molecule has 0 saturated carbocycles. The molecule has 1 unspecified atom stereocenters. The van der Waals surface area contributed by atoms with Gasteiger partial charge in [-0.3, -0.25) is 4.79 Å². The van der Waals surface area contributed by atoms with Crippen molar-refractivity contribution < 1.29 is 4.79 Å². The molecule has 2 aromatic heterocycles. The normalized spacial score (nSPS) is 21.6. The molecule has 1 atom stereocenters. The molecule has 0 aliphatic carbocycles. The van der Waals surface area contributed by atoms with Crippen molar-refractivity contribution >= 4 is 33.1 Å². The highest BCUT2D eigenvalue weighted by Crippen LogP contribution is 2.33. The Morgan fingerprint density at radius 1 is 1.28 bits per heavy atom. The first-order valence-electron chi connectivity index (χ1n) is 10.9. The fourth-order valence-corrected chi connectivity index (χ4v) is 5.35. The predicted octanol–water partition coefficient (Wildman–Crippen LogP) is 2.57. The summed E-state index contributed by atoms with van der Waals surface area (Å²) in [6.07, 6.45) is 4.94. The largest absolute Gasteiger partial charge is 0.356 e. The number of hydrogen-bond donors (Lipinski definition) is 1. The Balaban J connectivity index is 1.27. The molecular formula is C22H33N5OS. The monoisotopic (exact) mass is 415 g/mol. The van der Waals surface area contributed by atoms with Gasteiger partial charge in [0.1, 0.15) is 5.82 Å². The molecule has 1 N–H and O–H groups in total. The van der Waals surface area contributed by atoms with E-state index in [9.17, 15) is 4.79 Å². The SMILES string of the molecule is Cc1cc2c(N3CCCC(C(=O)NCCCN4CCN(C)CC4)C3)nccc2s1. The number of thiophene rings is 1. The molecule has 4 rings (SSSR count). The van der Waals surface area contributed by atoms with Crippen molar-refractivity contribution in [2.24, 2.45) is 5.92 Å². The van der Waals surface area contributed by atoms with Gasteiger partial charge in [0, 0.05) is 67.0 Å². The molecule has 158 valence electrons. The van der Waals surface area contributed by atoms with Crippen molar-refractivity contribution in [1.82, 2.24) is 20.1 Å². The Bertz CT molecular complexity index is 830. The van der Waals surface area contributed by atoms with Crippen molar-refractivity contribution in [2.45, 2.75) is 26.2 Å². The topological polar surface area (TPSA) is 51.7 Å². The van der Waals surface area contributed by atoms with Crippen LogP contribution in [-0.4, -0.2) is 80.1 Å². The van der Waals surface area contributed by atoms with Gasteiger partial charge in [-0.15, -0.1) is 11.3 Å². The van der Waals surface area contributed by atoms with Gasteiger partial charge >= 0.3 is 0 Å². The molecule has 6 nitrogen and oxygen atoms in total. The lowest BCUT2D eigenvalue weighted by molar-refractivity contribution is -0.125. The molecule has 0 bridgehead atoms. The van der Waals surface area contributed by atoms with Crippen LogP contribution in [0.15, 0.2) is 18.3 Å². The molecule has 0 aromatic carbocycles. The molecule has 29 heavy (non-hydrogen) atoms. The minimum absolute atomic E-state index is 0.0594. The number of pyridine rings is 1. The van der Waals surface area contributed by atoms with Gasteiger partial charge in [-0.1, -0.05) is 0 Å². The maximum absolute atomic E-state index is 12.8. The molecule has 2 aliphatic heterocycles. The van der Waals surface area contributed by atoms with Crippen molar-refractivity contribution in [3.8, 4) is 0 Å². The van der Waals surface area contributed by atoms with Crippen LogP contribution in [0.25, 0.3) is 10.1 Å². The molecule has 2 aliphatic rings. The van der Waals surface area contributed by atoms with Crippen molar-refractivity contribution in [3.05, 3.63) is 23.2 Å². The van der Waals surface area contributed by atoms with E-state index in [1.165, 1.54) is 15.0 Å². The summed E-state index contributed by atoms with van der Waals surface area (Å²) in [5.41, 5.74) is 0. The van der Waals surface area contributed by atoms with Crippen molar-refractivity contribution in [2.75, 3.05) is 64.3 Å². The number of anilines is 1. The first kappa shape index (κ1) is 20.6. The third kappa shape index (κ3) is 5.08. The number of carbonyl (C=O) groups is 1. The molecule has 0 radical (unpaired) electrons. The van der Waals surface area contributed by atoms with E-state index in [0.29, 0.717) is 0 Å². The maximum Gasteiger partial charge on any atom is 0.224 e. The highest BCUT2D eigenvalue weighted by atomic mass is 32.1. The summed E-state index contributed by atoms with van der Waals surface area (Å²) in [6.45, 7) is 10.3. The summed E-state index contributed by atoms with van der Waals surface area (Å²) >= 11 is 1.81. The smallest absolute Gasteiger partial charge is 0.224 e. The van der Waals surface area contributed by atoms with E-state index in [1.54, 1.807) is 0 Å². The van der Waals surface area contributed by atoms with Crippen LogP contribution in [-0.2, 0) is 4.79 Å². The van der Waals surface area contributed by atoms with Crippen LogP contribution in [0, 0.1) is 12.8 Å². The van der Waals surface area contributed by atoms with E-state index in [1.807, 2.05) is 17.5 Å². The molecule has 1 amide bonds. The van der Waals surface area contributed by atoms with Gasteiger partial charge in [-0.2, -0.15) is 0 Å². The van der Waals surface area contributed by atoms with Gasteiger partial charge < -0.3 is 20.0 Å². The lowest BCUT2D eigenvalue weighted by atomic mass is 9.97. The van der Waals surface area contributed by atoms with Crippen LogP contribution in [0.3, 0.4) is 0 Å². The van der Waals surface area contributed by atoms with E-state index >= 15 is 0 Å². The number of aryl methyl sites for hydroxylation is 1. The molecule has 2 saturated heterocycles. The van der Waals surface area contributed by atoms with Crippen LogP contribution in [0.1, 0.15) is 24.1 Å². The van der Waals surface area contributed by atoms with Gasteiger partial charge in [0.15, 0.2) is 0 Å². The fourth-order valence-electron chi connectivity index (χ4n) is 4.44. The first-order valence-corrected chi connectivity index (χ1v) is 11.7. The number of piperidine rings is 1. The number of fused-ring (bicyclic) bond motifs is 1. The van der Waals surface area contributed by atoms with E-state index in [-0.39, 0.29) is 11.8 Å². The molecule has 2 aromatic rings. The summed E-state index contributed by atoms with van der Waals surface area (Å²) in [7, 11) is 2.18. The van der Waals surface area contributed by atoms with E-state index in [2.05, 4.69) is 51.1 Å². The van der Waals surface area contributed by atoms with Crippen molar-refractivity contribution in [1.29, 1.82) is 0 Å². The quantitative estimate of drug-likeness (QED) is 0.735. The highest BCUT2D eigenvalue weighted by molar-refractivity contribution is 7.19. The minimum atomic E-state index is 0.0594. The van der Waals surface area contributed by atoms with Gasteiger partial charge in [0.2, 0.25) is 5.91 Å². The van der Waals surface area contributed by atoms with Gasteiger partial charge in [0.05, 0.1) is 5.92 Å². The number of amides is 1. The van der Waals surface area contributed by atoms with Gasteiger partial charge in [-0.25, -0.2) is 4.98 Å². The Hall–Kier alpha value is -1.70. The van der Waals surface area contributed by atoms with E-state index in [4.69, 9.17) is 0 Å².